The number of benzene rings is 1. The van der Waals surface area contributed by atoms with Crippen molar-refractivity contribution in [1.29, 1.82) is 0 Å². The molecule has 1 aromatic heterocycles. The number of likely N-dealkylation sites (tertiary alicyclic amines) is 1. The Hall–Kier alpha value is -1.85. The van der Waals surface area contributed by atoms with E-state index >= 15 is 0 Å². The lowest BCUT2D eigenvalue weighted by atomic mass is 10.1. The highest BCUT2D eigenvalue weighted by Crippen LogP contribution is 2.26. The van der Waals surface area contributed by atoms with Gasteiger partial charge in [0.15, 0.2) is 0 Å². The summed E-state index contributed by atoms with van der Waals surface area (Å²) in [5.41, 5.74) is 2.80. The molecule has 2 aliphatic heterocycles. The van der Waals surface area contributed by atoms with Crippen molar-refractivity contribution in [3.05, 3.63) is 47.2 Å². The molecule has 2 aliphatic rings. The molecule has 3 heterocycles. The number of hydrogen-bond donors (Lipinski definition) is 0. The van der Waals surface area contributed by atoms with Crippen LogP contribution in [-0.4, -0.2) is 54.1 Å². The molecular formula is C20H27N3O2. The zero-order chi connectivity index (χ0) is 17.2. The van der Waals surface area contributed by atoms with Crippen molar-refractivity contribution in [2.24, 2.45) is 0 Å². The highest BCUT2D eigenvalue weighted by Gasteiger charge is 2.26. The van der Waals surface area contributed by atoms with Crippen molar-refractivity contribution in [2.45, 2.75) is 38.8 Å². The fourth-order valence-corrected chi connectivity index (χ4v) is 3.87. The first kappa shape index (κ1) is 16.6. The van der Waals surface area contributed by atoms with Gasteiger partial charge >= 0.3 is 0 Å². The van der Waals surface area contributed by atoms with Gasteiger partial charge in [-0.25, -0.2) is 4.98 Å². The van der Waals surface area contributed by atoms with E-state index < -0.39 is 0 Å². The maximum Gasteiger partial charge on any atom is 0.208 e. The van der Waals surface area contributed by atoms with Crippen molar-refractivity contribution in [3.63, 3.8) is 0 Å². The number of aryl methyl sites for hydroxylation is 1. The molecule has 0 bridgehead atoms. The van der Waals surface area contributed by atoms with Crippen LogP contribution in [0.5, 0.6) is 5.75 Å². The average Bonchev–Trinajstić information content (AvgIpc) is 3.33. The van der Waals surface area contributed by atoms with E-state index in [9.17, 15) is 0 Å². The minimum absolute atomic E-state index is 0.584. The first-order valence-corrected chi connectivity index (χ1v) is 9.26. The number of rotatable bonds is 6. The summed E-state index contributed by atoms with van der Waals surface area (Å²) >= 11 is 0. The van der Waals surface area contributed by atoms with Gasteiger partial charge in [-0.3, -0.25) is 4.90 Å². The largest absolute Gasteiger partial charge is 0.493 e. The Morgan fingerprint density at radius 1 is 1.36 bits per heavy atom. The Morgan fingerprint density at radius 3 is 3.12 bits per heavy atom. The van der Waals surface area contributed by atoms with Gasteiger partial charge in [-0.2, -0.15) is 0 Å². The van der Waals surface area contributed by atoms with Crippen molar-refractivity contribution in [3.8, 4) is 5.75 Å². The topological polar surface area (TPSA) is 41.7 Å². The Bertz CT molecular complexity index is 727. The average molecular weight is 341 g/mol. The van der Waals surface area contributed by atoms with Gasteiger partial charge in [0.05, 0.1) is 19.3 Å². The Balaban J connectivity index is 1.26. The van der Waals surface area contributed by atoms with E-state index in [0.29, 0.717) is 6.04 Å². The van der Waals surface area contributed by atoms with Crippen LogP contribution in [0.4, 0.5) is 0 Å². The SMILES string of the molecule is Cc1cnc(CN(C)C2CCN(CCc3ccc4c(c3)CCO4)C2)o1. The molecule has 5 heteroatoms. The number of nitrogens with zero attached hydrogens (tertiary/aromatic N) is 3. The second-order valence-electron chi connectivity index (χ2n) is 7.31. The smallest absolute Gasteiger partial charge is 0.208 e. The molecular weight excluding hydrogens is 314 g/mol. The van der Waals surface area contributed by atoms with E-state index in [-0.39, 0.29) is 0 Å². The summed E-state index contributed by atoms with van der Waals surface area (Å²) in [5, 5.41) is 0. The Kier molecular flexibility index (Phi) is 4.77. The zero-order valence-corrected chi connectivity index (χ0v) is 15.2. The van der Waals surface area contributed by atoms with Gasteiger partial charge in [0, 0.05) is 25.6 Å². The summed E-state index contributed by atoms with van der Waals surface area (Å²) in [6, 6.07) is 7.26. The standard InChI is InChI=1S/C20H27N3O2/c1-15-12-21-20(25-15)14-22(2)18-6-9-23(13-18)8-5-16-3-4-19-17(11-16)7-10-24-19/h3-4,11-12,18H,5-10,13-14H2,1-2H3. The fraction of sp³-hybridized carbons (Fsp3) is 0.550. The summed E-state index contributed by atoms with van der Waals surface area (Å²) < 4.78 is 11.2. The lowest BCUT2D eigenvalue weighted by Gasteiger charge is -2.23. The number of likely N-dealkylation sites (N-methyl/N-ethyl adjacent to an activating group) is 1. The van der Waals surface area contributed by atoms with Gasteiger partial charge in [0.2, 0.25) is 5.89 Å². The van der Waals surface area contributed by atoms with Crippen LogP contribution in [0.3, 0.4) is 0 Å². The third kappa shape index (κ3) is 3.88. The molecule has 1 saturated heterocycles. The van der Waals surface area contributed by atoms with E-state index in [2.05, 4.69) is 40.0 Å². The van der Waals surface area contributed by atoms with Crippen LogP contribution in [0.15, 0.2) is 28.8 Å². The molecule has 0 radical (unpaired) electrons. The maximum absolute atomic E-state index is 5.61. The third-order valence-electron chi connectivity index (χ3n) is 5.40. The predicted molar refractivity (Wildman–Crippen MR) is 96.9 cm³/mol. The van der Waals surface area contributed by atoms with Crippen molar-refractivity contribution < 1.29 is 9.15 Å². The lowest BCUT2D eigenvalue weighted by Crippen LogP contribution is -2.34. The fourth-order valence-electron chi connectivity index (χ4n) is 3.87. The minimum Gasteiger partial charge on any atom is -0.493 e. The number of ether oxygens (including phenoxy) is 1. The summed E-state index contributed by atoms with van der Waals surface area (Å²) in [7, 11) is 2.17. The molecule has 134 valence electrons. The van der Waals surface area contributed by atoms with Crippen molar-refractivity contribution in [1.82, 2.24) is 14.8 Å². The Labute approximate surface area is 149 Å². The molecule has 0 spiro atoms. The van der Waals surface area contributed by atoms with Crippen LogP contribution in [0.25, 0.3) is 0 Å². The molecule has 1 atom stereocenters. The molecule has 0 N–H and O–H groups in total. The molecule has 1 unspecified atom stereocenters. The van der Waals surface area contributed by atoms with Gasteiger partial charge in [0.1, 0.15) is 11.5 Å². The molecule has 1 aromatic carbocycles. The zero-order valence-electron chi connectivity index (χ0n) is 15.2. The number of oxazole rings is 1. The van der Waals surface area contributed by atoms with Crippen LogP contribution in [0.2, 0.25) is 0 Å². The van der Waals surface area contributed by atoms with E-state index in [1.54, 1.807) is 6.20 Å². The highest BCUT2D eigenvalue weighted by atomic mass is 16.5. The molecule has 2 aromatic rings. The number of aromatic nitrogens is 1. The van der Waals surface area contributed by atoms with Gasteiger partial charge in [-0.1, -0.05) is 12.1 Å². The third-order valence-corrected chi connectivity index (χ3v) is 5.40. The highest BCUT2D eigenvalue weighted by molar-refractivity contribution is 5.39. The lowest BCUT2D eigenvalue weighted by molar-refractivity contribution is 0.206. The second-order valence-corrected chi connectivity index (χ2v) is 7.31. The maximum atomic E-state index is 5.61. The van der Waals surface area contributed by atoms with E-state index in [1.807, 2.05) is 6.92 Å². The van der Waals surface area contributed by atoms with Gasteiger partial charge in [-0.15, -0.1) is 0 Å². The molecule has 1 fully saturated rings. The molecule has 0 amide bonds. The van der Waals surface area contributed by atoms with Crippen LogP contribution in [-0.2, 0) is 19.4 Å². The second kappa shape index (κ2) is 7.18. The predicted octanol–water partition coefficient (Wildman–Crippen LogP) is 2.67. The molecule has 4 rings (SSSR count). The van der Waals surface area contributed by atoms with Gasteiger partial charge in [-0.05, 0) is 50.6 Å². The summed E-state index contributed by atoms with van der Waals surface area (Å²) in [5.74, 6) is 2.78. The van der Waals surface area contributed by atoms with E-state index in [0.717, 1.165) is 56.5 Å². The normalized spacial score (nSPS) is 20.2. The van der Waals surface area contributed by atoms with Crippen LogP contribution in [0, 0.1) is 6.92 Å². The molecule has 25 heavy (non-hydrogen) atoms. The monoisotopic (exact) mass is 341 g/mol. The number of fused-ring (bicyclic) bond motifs is 1. The van der Waals surface area contributed by atoms with Crippen molar-refractivity contribution >= 4 is 0 Å². The minimum atomic E-state index is 0.584. The quantitative estimate of drug-likeness (QED) is 0.808. The van der Waals surface area contributed by atoms with Crippen LogP contribution >= 0.6 is 0 Å². The molecule has 0 aliphatic carbocycles. The van der Waals surface area contributed by atoms with Gasteiger partial charge < -0.3 is 14.1 Å². The Morgan fingerprint density at radius 2 is 2.28 bits per heavy atom. The van der Waals surface area contributed by atoms with E-state index in [4.69, 9.17) is 9.15 Å². The van der Waals surface area contributed by atoms with Crippen LogP contribution in [0.1, 0.15) is 29.2 Å². The van der Waals surface area contributed by atoms with Gasteiger partial charge in [0.25, 0.3) is 0 Å². The van der Waals surface area contributed by atoms with E-state index in [1.165, 1.54) is 24.1 Å². The first-order valence-electron chi connectivity index (χ1n) is 9.26. The number of hydrogen-bond acceptors (Lipinski definition) is 5. The summed E-state index contributed by atoms with van der Waals surface area (Å²) in [6.07, 6.45) is 5.18. The van der Waals surface area contributed by atoms with Crippen LogP contribution < -0.4 is 4.74 Å². The van der Waals surface area contributed by atoms with Crippen molar-refractivity contribution in [2.75, 3.05) is 33.3 Å². The summed E-state index contributed by atoms with van der Waals surface area (Å²) in [4.78, 5) is 9.27. The first-order chi connectivity index (χ1) is 12.2. The summed E-state index contributed by atoms with van der Waals surface area (Å²) in [6.45, 7) is 7.00. The molecule has 5 nitrogen and oxygen atoms in total. The molecule has 0 saturated carbocycles.